The van der Waals surface area contributed by atoms with E-state index >= 15 is 0 Å². The molecule has 8 nitrogen and oxygen atoms in total. The molecule has 0 saturated carbocycles. The Labute approximate surface area is 192 Å². The van der Waals surface area contributed by atoms with Gasteiger partial charge in [-0.25, -0.2) is 0 Å². The van der Waals surface area contributed by atoms with E-state index in [-0.39, 0.29) is 28.7 Å². The van der Waals surface area contributed by atoms with Gasteiger partial charge in [-0.15, -0.1) is 0 Å². The number of aromatic nitrogens is 2. The Morgan fingerprint density at radius 3 is 2.53 bits per heavy atom. The van der Waals surface area contributed by atoms with Crippen LogP contribution < -0.4 is 10.6 Å². The molecule has 0 radical (unpaired) electrons. The molecule has 32 heavy (non-hydrogen) atoms. The van der Waals surface area contributed by atoms with E-state index in [0.717, 1.165) is 49.2 Å². The summed E-state index contributed by atoms with van der Waals surface area (Å²) >= 11 is 1.06. The minimum Gasteiger partial charge on any atom is -0.505 e. The van der Waals surface area contributed by atoms with Gasteiger partial charge >= 0.3 is 0 Å². The van der Waals surface area contributed by atoms with Crippen LogP contribution >= 0.6 is 11.7 Å². The maximum absolute atomic E-state index is 12.8. The molecular weight excluding hydrogens is 426 g/mol. The normalized spacial score (nSPS) is 15.1. The van der Waals surface area contributed by atoms with Crippen molar-refractivity contribution >= 4 is 35.0 Å². The number of hydrogen-bond donors (Lipinski definition) is 3. The Bertz CT molecular complexity index is 1100. The van der Waals surface area contributed by atoms with Crippen LogP contribution in [-0.2, 0) is 0 Å². The van der Waals surface area contributed by atoms with Crippen LogP contribution in [0.5, 0.6) is 5.75 Å². The number of hydrogen-bond acceptors (Lipinski definition) is 8. The SMILES string of the molecule is Cc1ccc(C(Nc2nsnc2Nc2cccc(C(=O)N3CCCC3)c2O)C(C)(C)C)o1. The van der Waals surface area contributed by atoms with Crippen molar-refractivity contribution in [2.24, 2.45) is 5.41 Å². The van der Waals surface area contributed by atoms with Crippen LogP contribution in [0.4, 0.5) is 17.3 Å². The van der Waals surface area contributed by atoms with Crippen molar-refractivity contribution in [2.75, 3.05) is 23.7 Å². The summed E-state index contributed by atoms with van der Waals surface area (Å²) in [4.78, 5) is 14.6. The van der Waals surface area contributed by atoms with Gasteiger partial charge in [-0.1, -0.05) is 26.8 Å². The number of nitrogens with one attached hydrogen (secondary N) is 2. The van der Waals surface area contributed by atoms with E-state index < -0.39 is 0 Å². The molecule has 1 fully saturated rings. The standard InChI is InChI=1S/C23H29N5O3S/c1-14-10-11-17(31-14)19(23(2,3)4)25-21-20(26-32-27-21)24-16-9-7-8-15(18(16)29)22(30)28-12-5-6-13-28/h7-11,19,29H,5-6,12-13H2,1-4H3,(H,24,26)(H,25,27). The van der Waals surface area contributed by atoms with Crippen LogP contribution in [0.3, 0.4) is 0 Å². The Morgan fingerprint density at radius 1 is 1.16 bits per heavy atom. The number of likely N-dealkylation sites (tertiary alicyclic amines) is 1. The minimum absolute atomic E-state index is 0.0858. The Hall–Kier alpha value is -3.07. The Kier molecular flexibility index (Phi) is 6.10. The molecule has 1 saturated heterocycles. The summed E-state index contributed by atoms with van der Waals surface area (Å²) in [6.45, 7) is 9.72. The summed E-state index contributed by atoms with van der Waals surface area (Å²) in [5, 5.41) is 17.4. The minimum atomic E-state index is -0.157. The highest BCUT2D eigenvalue weighted by Gasteiger charge is 2.31. The van der Waals surface area contributed by atoms with Crippen molar-refractivity contribution in [3.63, 3.8) is 0 Å². The molecule has 1 aliphatic heterocycles. The molecule has 1 amide bonds. The first-order valence-electron chi connectivity index (χ1n) is 10.8. The van der Waals surface area contributed by atoms with Crippen LogP contribution in [0.25, 0.3) is 0 Å². The fourth-order valence-electron chi connectivity index (χ4n) is 3.86. The molecule has 3 aromatic rings. The third kappa shape index (κ3) is 4.57. The van der Waals surface area contributed by atoms with Gasteiger partial charge in [0, 0.05) is 13.1 Å². The zero-order chi connectivity index (χ0) is 22.9. The van der Waals surface area contributed by atoms with E-state index in [4.69, 9.17) is 4.42 Å². The quantitative estimate of drug-likeness (QED) is 0.432. The molecule has 1 atom stereocenters. The molecule has 2 aromatic heterocycles. The van der Waals surface area contributed by atoms with Crippen LogP contribution in [0.1, 0.15) is 61.5 Å². The molecule has 0 spiro atoms. The van der Waals surface area contributed by atoms with Crippen LogP contribution in [0.2, 0.25) is 0 Å². The third-order valence-corrected chi connectivity index (χ3v) is 6.12. The van der Waals surface area contributed by atoms with Crippen molar-refractivity contribution in [2.45, 2.75) is 46.6 Å². The third-order valence-electron chi connectivity index (χ3n) is 5.59. The number of carbonyl (C=O) groups is 1. The number of aryl methyl sites for hydroxylation is 1. The highest BCUT2D eigenvalue weighted by atomic mass is 32.1. The number of rotatable bonds is 6. The van der Waals surface area contributed by atoms with E-state index in [1.165, 1.54) is 0 Å². The van der Waals surface area contributed by atoms with Crippen LogP contribution in [-0.4, -0.2) is 37.8 Å². The topological polar surface area (TPSA) is 104 Å². The van der Waals surface area contributed by atoms with Gasteiger partial charge in [0.25, 0.3) is 5.91 Å². The average molecular weight is 456 g/mol. The number of nitrogens with zero attached hydrogens (tertiary/aromatic N) is 3. The number of carbonyl (C=O) groups excluding carboxylic acids is 1. The van der Waals surface area contributed by atoms with Gasteiger partial charge in [0.2, 0.25) is 0 Å². The second-order valence-corrected chi connectivity index (χ2v) is 9.71. The summed E-state index contributed by atoms with van der Waals surface area (Å²) < 4.78 is 14.6. The number of aromatic hydroxyl groups is 1. The maximum atomic E-state index is 12.8. The van der Waals surface area contributed by atoms with Gasteiger partial charge in [-0.2, -0.15) is 8.75 Å². The lowest BCUT2D eigenvalue weighted by atomic mass is 9.85. The average Bonchev–Trinajstić information content (AvgIpc) is 3.49. The van der Waals surface area contributed by atoms with E-state index in [9.17, 15) is 9.90 Å². The van der Waals surface area contributed by atoms with Gasteiger partial charge < -0.3 is 25.1 Å². The predicted octanol–water partition coefficient (Wildman–Crippen LogP) is 5.32. The summed E-state index contributed by atoms with van der Waals surface area (Å²) in [5.41, 5.74) is 0.537. The molecule has 3 heterocycles. The lowest BCUT2D eigenvalue weighted by molar-refractivity contribution is 0.0790. The summed E-state index contributed by atoms with van der Waals surface area (Å²) in [6.07, 6.45) is 1.99. The second-order valence-electron chi connectivity index (χ2n) is 9.18. The molecule has 170 valence electrons. The first-order valence-corrected chi connectivity index (χ1v) is 11.5. The lowest BCUT2D eigenvalue weighted by Crippen LogP contribution is -2.27. The number of para-hydroxylation sites is 1. The number of furan rings is 1. The van der Waals surface area contributed by atoms with Crippen LogP contribution in [0.15, 0.2) is 34.7 Å². The first-order chi connectivity index (χ1) is 15.2. The number of phenols is 1. The zero-order valence-corrected chi connectivity index (χ0v) is 19.6. The highest BCUT2D eigenvalue weighted by molar-refractivity contribution is 6.99. The van der Waals surface area contributed by atoms with Crippen molar-refractivity contribution in [1.82, 2.24) is 13.6 Å². The van der Waals surface area contributed by atoms with Gasteiger partial charge in [-0.05, 0) is 49.4 Å². The largest absolute Gasteiger partial charge is 0.505 e. The maximum Gasteiger partial charge on any atom is 0.257 e. The molecule has 0 bridgehead atoms. The van der Waals surface area contributed by atoms with Crippen molar-refractivity contribution in [3.8, 4) is 5.75 Å². The molecule has 9 heteroatoms. The number of anilines is 3. The number of amides is 1. The monoisotopic (exact) mass is 455 g/mol. The number of benzene rings is 1. The Balaban J connectivity index is 1.58. The van der Waals surface area contributed by atoms with Crippen LogP contribution in [0, 0.1) is 12.3 Å². The molecule has 3 N–H and O–H groups in total. The van der Waals surface area contributed by atoms with E-state index in [0.29, 0.717) is 17.3 Å². The molecule has 0 aliphatic carbocycles. The zero-order valence-electron chi connectivity index (χ0n) is 18.8. The lowest BCUT2D eigenvalue weighted by Gasteiger charge is -2.30. The fraction of sp³-hybridized carbons (Fsp3) is 0.435. The van der Waals surface area contributed by atoms with Crippen molar-refractivity contribution in [3.05, 3.63) is 47.4 Å². The van der Waals surface area contributed by atoms with Gasteiger partial charge in [0.05, 0.1) is 29.0 Å². The van der Waals surface area contributed by atoms with E-state index in [1.54, 1.807) is 23.1 Å². The van der Waals surface area contributed by atoms with Crippen molar-refractivity contribution in [1.29, 1.82) is 0 Å². The highest BCUT2D eigenvalue weighted by Crippen LogP contribution is 2.39. The molecule has 1 unspecified atom stereocenters. The number of phenolic OH excluding ortho intramolecular Hbond substituents is 1. The second kappa shape index (κ2) is 8.82. The van der Waals surface area contributed by atoms with Crippen molar-refractivity contribution < 1.29 is 14.3 Å². The summed E-state index contributed by atoms with van der Waals surface area (Å²) in [7, 11) is 0. The predicted molar refractivity (Wildman–Crippen MR) is 126 cm³/mol. The smallest absolute Gasteiger partial charge is 0.257 e. The first kappa shape index (κ1) is 22.1. The Morgan fingerprint density at radius 2 is 1.88 bits per heavy atom. The summed E-state index contributed by atoms with van der Waals surface area (Å²) in [5.74, 6) is 2.45. The van der Waals surface area contributed by atoms with E-state index in [1.807, 2.05) is 19.1 Å². The van der Waals surface area contributed by atoms with E-state index in [2.05, 4.69) is 40.2 Å². The molecular formula is C23H29N5O3S. The fourth-order valence-corrected chi connectivity index (χ4v) is 4.34. The van der Waals surface area contributed by atoms with Gasteiger partial charge in [0.15, 0.2) is 17.4 Å². The van der Waals surface area contributed by atoms with Gasteiger partial charge in [0.1, 0.15) is 11.5 Å². The summed E-state index contributed by atoms with van der Waals surface area (Å²) in [6, 6.07) is 8.88. The molecule has 1 aromatic carbocycles. The molecule has 1 aliphatic rings. The molecule has 4 rings (SSSR count). The van der Waals surface area contributed by atoms with Gasteiger partial charge in [-0.3, -0.25) is 4.79 Å².